The Morgan fingerprint density at radius 1 is 1.14 bits per heavy atom. The van der Waals surface area contributed by atoms with E-state index in [0.717, 1.165) is 18.4 Å². The van der Waals surface area contributed by atoms with Gasteiger partial charge in [0.05, 0.1) is 0 Å². The number of halogens is 3. The lowest BCUT2D eigenvalue weighted by atomic mass is 9.91. The molecular formula is C16H17F3O2S. The second-order valence-corrected chi connectivity index (χ2v) is 7.57. The number of thioether (sulfide) groups is 1. The molecule has 1 aromatic rings. The molecule has 0 N–H and O–H groups in total. The first kappa shape index (κ1) is 15.7. The van der Waals surface area contributed by atoms with E-state index in [1.54, 1.807) is 0 Å². The van der Waals surface area contributed by atoms with Gasteiger partial charge in [-0.05, 0) is 43.4 Å². The molecule has 2 aliphatic heterocycles. The fourth-order valence-electron chi connectivity index (χ4n) is 3.28. The van der Waals surface area contributed by atoms with Crippen molar-refractivity contribution in [1.29, 1.82) is 0 Å². The SMILES string of the molecule is O=C(Cc1ccc(OC(F)(F)F)cc1)C1CC2CCC(C1)S2. The molecule has 6 heteroatoms. The van der Waals surface area contributed by atoms with Gasteiger partial charge in [-0.1, -0.05) is 12.1 Å². The predicted octanol–water partition coefficient (Wildman–Crippen LogP) is 4.37. The zero-order valence-corrected chi connectivity index (χ0v) is 12.8. The number of fused-ring (bicyclic) bond motifs is 2. The average Bonchev–Trinajstić information content (AvgIpc) is 2.78. The highest BCUT2D eigenvalue weighted by atomic mass is 32.2. The first-order valence-corrected chi connectivity index (χ1v) is 8.36. The van der Waals surface area contributed by atoms with Gasteiger partial charge in [-0.15, -0.1) is 13.2 Å². The monoisotopic (exact) mass is 330 g/mol. The van der Waals surface area contributed by atoms with Crippen molar-refractivity contribution in [2.45, 2.75) is 49.0 Å². The van der Waals surface area contributed by atoms with Gasteiger partial charge in [0.15, 0.2) is 0 Å². The first-order chi connectivity index (χ1) is 10.4. The van der Waals surface area contributed by atoms with E-state index in [0.29, 0.717) is 16.9 Å². The van der Waals surface area contributed by atoms with Crippen molar-refractivity contribution in [2.75, 3.05) is 0 Å². The third kappa shape index (κ3) is 3.97. The molecule has 2 fully saturated rings. The number of Topliss-reactive ketones (excluding diaryl/α,β-unsaturated/α-hetero) is 1. The van der Waals surface area contributed by atoms with Crippen LogP contribution in [0.15, 0.2) is 24.3 Å². The molecule has 0 spiro atoms. The lowest BCUT2D eigenvalue weighted by Crippen LogP contribution is -2.25. The zero-order chi connectivity index (χ0) is 15.7. The van der Waals surface area contributed by atoms with E-state index in [1.165, 1.54) is 37.1 Å². The molecule has 0 amide bonds. The molecule has 0 aromatic heterocycles. The highest BCUT2D eigenvalue weighted by Gasteiger charge is 2.37. The van der Waals surface area contributed by atoms with Crippen LogP contribution in [-0.4, -0.2) is 22.6 Å². The van der Waals surface area contributed by atoms with Crippen LogP contribution in [0, 0.1) is 5.92 Å². The van der Waals surface area contributed by atoms with Gasteiger partial charge in [-0.25, -0.2) is 0 Å². The van der Waals surface area contributed by atoms with E-state index >= 15 is 0 Å². The van der Waals surface area contributed by atoms with Gasteiger partial charge in [0, 0.05) is 22.8 Å². The second-order valence-electron chi connectivity index (χ2n) is 5.96. The molecule has 2 atom stereocenters. The lowest BCUT2D eigenvalue weighted by Gasteiger charge is -2.26. The number of alkyl halides is 3. The molecule has 0 radical (unpaired) electrons. The Bertz CT molecular complexity index is 529. The van der Waals surface area contributed by atoms with Crippen LogP contribution in [0.3, 0.4) is 0 Å². The molecule has 2 bridgehead atoms. The standard InChI is InChI=1S/C16H17F3O2S/c17-16(18,19)21-12-3-1-10(2-4-12)7-15(20)11-8-13-5-6-14(9-11)22-13/h1-4,11,13-14H,5-9H2. The summed E-state index contributed by atoms with van der Waals surface area (Å²) in [5, 5.41) is 1.24. The van der Waals surface area contributed by atoms with E-state index in [4.69, 9.17) is 0 Å². The summed E-state index contributed by atoms with van der Waals surface area (Å²) in [6, 6.07) is 5.59. The Morgan fingerprint density at radius 2 is 1.73 bits per heavy atom. The van der Waals surface area contributed by atoms with Crippen molar-refractivity contribution in [3.63, 3.8) is 0 Å². The van der Waals surface area contributed by atoms with Crippen LogP contribution in [0.1, 0.15) is 31.2 Å². The molecule has 22 heavy (non-hydrogen) atoms. The molecule has 1 aromatic carbocycles. The number of hydrogen-bond donors (Lipinski definition) is 0. The summed E-state index contributed by atoms with van der Waals surface area (Å²) >= 11 is 2.01. The smallest absolute Gasteiger partial charge is 0.406 e. The molecule has 2 saturated heterocycles. The Morgan fingerprint density at radius 3 is 2.27 bits per heavy atom. The number of hydrogen-bond acceptors (Lipinski definition) is 3. The summed E-state index contributed by atoms with van der Waals surface area (Å²) in [5.74, 6) is 0.0716. The third-order valence-electron chi connectivity index (χ3n) is 4.28. The Balaban J connectivity index is 1.57. The topological polar surface area (TPSA) is 26.3 Å². The van der Waals surface area contributed by atoms with Crippen molar-refractivity contribution < 1.29 is 22.7 Å². The number of rotatable bonds is 4. The van der Waals surface area contributed by atoms with Crippen LogP contribution in [0.25, 0.3) is 0 Å². The highest BCUT2D eigenvalue weighted by Crippen LogP contribution is 2.46. The number of carbonyl (C=O) groups excluding carboxylic acids is 1. The quantitative estimate of drug-likeness (QED) is 0.820. The maximum Gasteiger partial charge on any atom is 0.573 e. The summed E-state index contributed by atoms with van der Waals surface area (Å²) in [6.07, 6.45) is -0.0623. The first-order valence-electron chi connectivity index (χ1n) is 7.42. The summed E-state index contributed by atoms with van der Waals surface area (Å²) in [7, 11) is 0. The summed E-state index contributed by atoms with van der Waals surface area (Å²) in [6.45, 7) is 0. The maximum absolute atomic E-state index is 12.4. The van der Waals surface area contributed by atoms with E-state index in [-0.39, 0.29) is 17.5 Å². The Hall–Kier alpha value is -1.17. The molecule has 2 aliphatic rings. The molecule has 2 nitrogen and oxygen atoms in total. The number of ketones is 1. The average molecular weight is 330 g/mol. The Labute approximate surface area is 131 Å². The van der Waals surface area contributed by atoms with Gasteiger partial charge in [0.2, 0.25) is 0 Å². The largest absolute Gasteiger partial charge is 0.573 e. The van der Waals surface area contributed by atoms with Gasteiger partial charge in [0.1, 0.15) is 11.5 Å². The van der Waals surface area contributed by atoms with Crippen LogP contribution >= 0.6 is 11.8 Å². The summed E-state index contributed by atoms with van der Waals surface area (Å²) in [5.41, 5.74) is 0.741. The lowest BCUT2D eigenvalue weighted by molar-refractivity contribution is -0.274. The van der Waals surface area contributed by atoms with Crippen molar-refractivity contribution in [3.05, 3.63) is 29.8 Å². The number of carbonyl (C=O) groups is 1. The van der Waals surface area contributed by atoms with Crippen LogP contribution < -0.4 is 4.74 Å². The van der Waals surface area contributed by atoms with Crippen molar-refractivity contribution in [2.24, 2.45) is 5.92 Å². The zero-order valence-electron chi connectivity index (χ0n) is 11.9. The van der Waals surface area contributed by atoms with E-state index in [9.17, 15) is 18.0 Å². The van der Waals surface area contributed by atoms with Crippen LogP contribution in [0.4, 0.5) is 13.2 Å². The normalized spacial score (nSPS) is 27.7. The predicted molar refractivity (Wildman–Crippen MR) is 79.0 cm³/mol. The third-order valence-corrected chi connectivity index (χ3v) is 5.91. The van der Waals surface area contributed by atoms with Crippen LogP contribution in [0.5, 0.6) is 5.75 Å². The van der Waals surface area contributed by atoms with Crippen molar-refractivity contribution >= 4 is 17.5 Å². The van der Waals surface area contributed by atoms with Crippen molar-refractivity contribution in [1.82, 2.24) is 0 Å². The fourth-order valence-corrected chi connectivity index (χ4v) is 5.05. The van der Waals surface area contributed by atoms with Crippen LogP contribution in [0.2, 0.25) is 0 Å². The van der Waals surface area contributed by atoms with Crippen LogP contribution in [-0.2, 0) is 11.2 Å². The number of benzene rings is 1. The van der Waals surface area contributed by atoms with E-state index < -0.39 is 6.36 Å². The molecule has 2 heterocycles. The Kier molecular flexibility index (Phi) is 4.39. The van der Waals surface area contributed by atoms with E-state index in [1.807, 2.05) is 11.8 Å². The fraction of sp³-hybridized carbons (Fsp3) is 0.562. The van der Waals surface area contributed by atoms with Gasteiger partial charge in [-0.2, -0.15) is 11.8 Å². The minimum absolute atomic E-state index is 0.116. The molecule has 2 unspecified atom stereocenters. The van der Waals surface area contributed by atoms with Gasteiger partial charge < -0.3 is 4.74 Å². The minimum Gasteiger partial charge on any atom is -0.406 e. The number of ether oxygens (including phenoxy) is 1. The highest BCUT2D eigenvalue weighted by molar-refractivity contribution is 8.00. The molecule has 0 saturated carbocycles. The second kappa shape index (κ2) is 6.14. The summed E-state index contributed by atoms with van der Waals surface area (Å²) in [4.78, 5) is 12.4. The van der Waals surface area contributed by atoms with Gasteiger partial charge in [-0.3, -0.25) is 4.79 Å². The summed E-state index contributed by atoms with van der Waals surface area (Å²) < 4.78 is 40.1. The van der Waals surface area contributed by atoms with Gasteiger partial charge in [0.25, 0.3) is 0 Å². The molecule has 3 rings (SSSR count). The molecule has 0 aliphatic carbocycles. The minimum atomic E-state index is -4.68. The maximum atomic E-state index is 12.4. The van der Waals surface area contributed by atoms with Gasteiger partial charge >= 0.3 is 6.36 Å². The molecule has 120 valence electrons. The van der Waals surface area contributed by atoms with Crippen molar-refractivity contribution in [3.8, 4) is 5.75 Å². The van der Waals surface area contributed by atoms with E-state index in [2.05, 4.69) is 4.74 Å². The molecular weight excluding hydrogens is 313 g/mol.